The van der Waals surface area contributed by atoms with Gasteiger partial charge in [-0.1, -0.05) is 41.9 Å². The summed E-state index contributed by atoms with van der Waals surface area (Å²) >= 11 is 3.43. The molecule has 0 N–H and O–H groups in total. The Morgan fingerprint density at radius 3 is 2.35 bits per heavy atom. The fraction of sp³-hybridized carbons (Fsp3) is 0.500. The summed E-state index contributed by atoms with van der Waals surface area (Å²) in [6, 6.07) is 10.7. The molecule has 1 aromatic carbocycles. The zero-order chi connectivity index (χ0) is 12.8. The fourth-order valence-electron chi connectivity index (χ4n) is 1.70. The molecule has 0 fully saturated rings. The van der Waals surface area contributed by atoms with Crippen LogP contribution in [-0.2, 0) is 6.54 Å². The third-order valence-electron chi connectivity index (χ3n) is 2.84. The highest BCUT2D eigenvalue weighted by Crippen LogP contribution is 2.14. The van der Waals surface area contributed by atoms with Gasteiger partial charge in [0.2, 0.25) is 0 Å². The summed E-state index contributed by atoms with van der Waals surface area (Å²) in [6.45, 7) is 5.91. The molecule has 92 valence electrons. The lowest BCUT2D eigenvalue weighted by molar-refractivity contribution is 0.265. The molecule has 0 aliphatic rings. The number of hydrogen-bond acceptors (Lipinski definition) is 2. The third-order valence-corrected chi connectivity index (χ3v) is 3.37. The molecule has 1 atom stereocenters. The van der Waals surface area contributed by atoms with E-state index in [1.165, 1.54) is 5.56 Å². The molecule has 0 aliphatic carbocycles. The van der Waals surface area contributed by atoms with E-state index in [9.17, 15) is 0 Å². The Labute approximate surface area is 112 Å². The van der Waals surface area contributed by atoms with Crippen molar-refractivity contribution in [3.63, 3.8) is 0 Å². The first-order valence-electron chi connectivity index (χ1n) is 5.85. The average Bonchev–Trinajstić information content (AvgIpc) is 2.28. The van der Waals surface area contributed by atoms with Gasteiger partial charge in [0, 0.05) is 17.6 Å². The highest BCUT2D eigenvalue weighted by Gasteiger charge is 2.14. The van der Waals surface area contributed by atoms with Crippen LogP contribution in [0.3, 0.4) is 0 Å². The van der Waals surface area contributed by atoms with Gasteiger partial charge < -0.3 is 4.90 Å². The fourth-order valence-corrected chi connectivity index (χ4v) is 1.97. The zero-order valence-corrected chi connectivity index (χ0v) is 12.2. The minimum Gasteiger partial charge on any atom is -0.301 e. The maximum Gasteiger partial charge on any atom is 0.0672 e. The van der Waals surface area contributed by atoms with E-state index in [0.717, 1.165) is 17.6 Å². The Balaban J connectivity index is 2.52. The lowest BCUT2D eigenvalue weighted by Gasteiger charge is -2.22. The Hall–Kier alpha value is -0.850. The maximum atomic E-state index is 9.06. The second-order valence-electron chi connectivity index (χ2n) is 4.80. The SMILES string of the molecule is CC(C)C(C#N)CN(C)Cc1ccc(Br)cc1. The van der Waals surface area contributed by atoms with Crippen LogP contribution in [0.4, 0.5) is 0 Å². The normalized spacial score (nSPS) is 12.8. The first kappa shape index (κ1) is 14.2. The predicted molar refractivity (Wildman–Crippen MR) is 74.4 cm³/mol. The minimum atomic E-state index is 0.107. The van der Waals surface area contributed by atoms with Crippen molar-refractivity contribution in [1.29, 1.82) is 5.26 Å². The molecule has 0 radical (unpaired) electrons. The van der Waals surface area contributed by atoms with Gasteiger partial charge in [-0.05, 0) is 30.7 Å². The maximum absolute atomic E-state index is 9.06. The molecule has 0 saturated heterocycles. The Bertz CT molecular complexity index is 378. The van der Waals surface area contributed by atoms with Gasteiger partial charge in [-0.25, -0.2) is 0 Å². The van der Waals surface area contributed by atoms with Crippen molar-refractivity contribution in [2.45, 2.75) is 20.4 Å². The molecular formula is C14H19BrN2. The summed E-state index contributed by atoms with van der Waals surface area (Å²) in [5, 5.41) is 9.06. The van der Waals surface area contributed by atoms with Crippen LogP contribution in [0, 0.1) is 23.2 Å². The summed E-state index contributed by atoms with van der Waals surface area (Å²) in [7, 11) is 2.06. The first-order chi connectivity index (χ1) is 8.02. The van der Waals surface area contributed by atoms with Gasteiger partial charge in [0.1, 0.15) is 0 Å². The summed E-state index contributed by atoms with van der Waals surface area (Å²) in [6.07, 6.45) is 0. The lowest BCUT2D eigenvalue weighted by atomic mass is 9.97. The van der Waals surface area contributed by atoms with Crippen molar-refractivity contribution in [2.24, 2.45) is 11.8 Å². The van der Waals surface area contributed by atoms with Crippen molar-refractivity contribution in [3.8, 4) is 6.07 Å². The van der Waals surface area contributed by atoms with Crippen LogP contribution in [0.25, 0.3) is 0 Å². The monoisotopic (exact) mass is 294 g/mol. The summed E-state index contributed by atoms with van der Waals surface area (Å²) in [5.41, 5.74) is 1.27. The van der Waals surface area contributed by atoms with Crippen molar-refractivity contribution in [3.05, 3.63) is 34.3 Å². The predicted octanol–water partition coefficient (Wildman–Crippen LogP) is 3.68. The number of rotatable bonds is 5. The number of hydrogen-bond donors (Lipinski definition) is 0. The molecule has 0 spiro atoms. The van der Waals surface area contributed by atoms with Gasteiger partial charge in [0.25, 0.3) is 0 Å². The highest BCUT2D eigenvalue weighted by atomic mass is 79.9. The van der Waals surface area contributed by atoms with Gasteiger partial charge in [-0.15, -0.1) is 0 Å². The molecule has 0 aliphatic heterocycles. The van der Waals surface area contributed by atoms with Crippen molar-refractivity contribution < 1.29 is 0 Å². The molecular weight excluding hydrogens is 276 g/mol. The quantitative estimate of drug-likeness (QED) is 0.828. The van der Waals surface area contributed by atoms with Crippen LogP contribution >= 0.6 is 15.9 Å². The van der Waals surface area contributed by atoms with Gasteiger partial charge in [0.05, 0.1) is 12.0 Å². The van der Waals surface area contributed by atoms with Crippen LogP contribution in [0.5, 0.6) is 0 Å². The van der Waals surface area contributed by atoms with E-state index in [1.54, 1.807) is 0 Å². The van der Waals surface area contributed by atoms with Gasteiger partial charge in [-0.3, -0.25) is 0 Å². The van der Waals surface area contributed by atoms with E-state index in [-0.39, 0.29) is 5.92 Å². The zero-order valence-electron chi connectivity index (χ0n) is 10.7. The molecule has 1 aromatic rings. The molecule has 0 aromatic heterocycles. The molecule has 3 heteroatoms. The Morgan fingerprint density at radius 2 is 1.88 bits per heavy atom. The molecule has 0 heterocycles. The lowest BCUT2D eigenvalue weighted by Crippen LogP contribution is -2.27. The van der Waals surface area contributed by atoms with E-state index in [1.807, 2.05) is 12.1 Å². The number of halogens is 1. The number of nitriles is 1. The molecule has 2 nitrogen and oxygen atoms in total. The summed E-state index contributed by atoms with van der Waals surface area (Å²) < 4.78 is 1.10. The largest absolute Gasteiger partial charge is 0.301 e. The average molecular weight is 295 g/mol. The Morgan fingerprint density at radius 1 is 1.29 bits per heavy atom. The smallest absolute Gasteiger partial charge is 0.0672 e. The van der Waals surface area contributed by atoms with E-state index in [4.69, 9.17) is 5.26 Å². The summed E-state index contributed by atoms with van der Waals surface area (Å²) in [4.78, 5) is 2.21. The highest BCUT2D eigenvalue weighted by molar-refractivity contribution is 9.10. The first-order valence-corrected chi connectivity index (χ1v) is 6.65. The summed E-state index contributed by atoms with van der Waals surface area (Å²) in [5.74, 6) is 0.516. The van der Waals surface area contributed by atoms with Crippen LogP contribution in [0.15, 0.2) is 28.7 Å². The second kappa shape index (κ2) is 6.78. The number of benzene rings is 1. The Kier molecular flexibility index (Phi) is 5.67. The molecule has 17 heavy (non-hydrogen) atoms. The van der Waals surface area contributed by atoms with Crippen LogP contribution < -0.4 is 0 Å². The van der Waals surface area contributed by atoms with Crippen LogP contribution in [0.1, 0.15) is 19.4 Å². The van der Waals surface area contributed by atoms with E-state index >= 15 is 0 Å². The van der Waals surface area contributed by atoms with Crippen molar-refractivity contribution >= 4 is 15.9 Å². The topological polar surface area (TPSA) is 27.0 Å². The van der Waals surface area contributed by atoms with Gasteiger partial charge >= 0.3 is 0 Å². The van der Waals surface area contributed by atoms with E-state index in [2.05, 4.69) is 59.9 Å². The van der Waals surface area contributed by atoms with E-state index in [0.29, 0.717) is 5.92 Å². The molecule has 0 bridgehead atoms. The van der Waals surface area contributed by atoms with Crippen LogP contribution in [-0.4, -0.2) is 18.5 Å². The third kappa shape index (κ3) is 4.89. The van der Waals surface area contributed by atoms with Crippen molar-refractivity contribution in [1.82, 2.24) is 4.90 Å². The molecule has 0 amide bonds. The van der Waals surface area contributed by atoms with Gasteiger partial charge in [0.15, 0.2) is 0 Å². The minimum absolute atomic E-state index is 0.107. The molecule has 1 unspecified atom stereocenters. The van der Waals surface area contributed by atoms with E-state index < -0.39 is 0 Å². The molecule has 0 saturated carbocycles. The standard InChI is InChI=1S/C14H19BrN2/c1-11(2)13(8-16)10-17(3)9-12-4-6-14(15)7-5-12/h4-7,11,13H,9-10H2,1-3H3. The second-order valence-corrected chi connectivity index (χ2v) is 5.72. The van der Waals surface area contributed by atoms with Gasteiger partial charge in [-0.2, -0.15) is 5.26 Å². The van der Waals surface area contributed by atoms with Crippen LogP contribution in [0.2, 0.25) is 0 Å². The number of nitrogens with zero attached hydrogens (tertiary/aromatic N) is 2. The van der Waals surface area contributed by atoms with Crippen molar-refractivity contribution in [2.75, 3.05) is 13.6 Å². The molecule has 1 rings (SSSR count).